The molecule has 0 unspecified atom stereocenters. The number of hydrogen-bond acceptors (Lipinski definition) is 3. The Balaban J connectivity index is 1.75. The van der Waals surface area contributed by atoms with Gasteiger partial charge in [0.05, 0.1) is 11.4 Å². The standard InChI is InChI=1S/C18H18BrN3O2S/c1-14-20-10-11-22(14)18-5-3-2-4-16(18)12-21-25(23,24)13-15-6-8-17(19)9-7-15/h2-11,21H,12-13H2,1H3. The van der Waals surface area contributed by atoms with Gasteiger partial charge in [-0.25, -0.2) is 18.1 Å². The molecular weight excluding hydrogens is 402 g/mol. The zero-order valence-electron chi connectivity index (χ0n) is 13.7. The molecule has 25 heavy (non-hydrogen) atoms. The Morgan fingerprint density at radius 2 is 1.84 bits per heavy atom. The fourth-order valence-corrected chi connectivity index (χ4v) is 3.94. The van der Waals surface area contributed by atoms with Crippen molar-refractivity contribution in [2.45, 2.75) is 19.2 Å². The van der Waals surface area contributed by atoms with Crippen LogP contribution in [0, 0.1) is 6.92 Å². The van der Waals surface area contributed by atoms with Gasteiger partial charge in [-0.1, -0.05) is 46.3 Å². The van der Waals surface area contributed by atoms with E-state index in [-0.39, 0.29) is 12.3 Å². The summed E-state index contributed by atoms with van der Waals surface area (Å²) in [5.74, 6) is 0.803. The molecule has 2 aromatic carbocycles. The second-order valence-corrected chi connectivity index (χ2v) is 8.40. The molecule has 0 aliphatic rings. The highest BCUT2D eigenvalue weighted by Gasteiger charge is 2.13. The number of aromatic nitrogens is 2. The molecule has 7 heteroatoms. The molecule has 0 bridgehead atoms. The minimum absolute atomic E-state index is 0.0491. The molecule has 3 aromatic rings. The van der Waals surface area contributed by atoms with Crippen molar-refractivity contribution in [1.82, 2.24) is 14.3 Å². The molecule has 0 radical (unpaired) electrons. The monoisotopic (exact) mass is 419 g/mol. The number of imidazole rings is 1. The van der Waals surface area contributed by atoms with Crippen molar-refractivity contribution >= 4 is 26.0 Å². The zero-order chi connectivity index (χ0) is 17.9. The van der Waals surface area contributed by atoms with Crippen LogP contribution < -0.4 is 4.72 Å². The van der Waals surface area contributed by atoms with Gasteiger partial charge in [-0.05, 0) is 36.2 Å². The van der Waals surface area contributed by atoms with Gasteiger partial charge in [-0.2, -0.15) is 0 Å². The molecule has 1 aromatic heterocycles. The SMILES string of the molecule is Cc1nccn1-c1ccccc1CNS(=O)(=O)Cc1ccc(Br)cc1. The molecule has 0 atom stereocenters. The van der Waals surface area contributed by atoms with Crippen molar-refractivity contribution < 1.29 is 8.42 Å². The van der Waals surface area contributed by atoms with Gasteiger partial charge in [0, 0.05) is 23.4 Å². The molecule has 0 fully saturated rings. The number of benzene rings is 2. The van der Waals surface area contributed by atoms with Crippen LogP contribution in [0.5, 0.6) is 0 Å². The smallest absolute Gasteiger partial charge is 0.216 e. The van der Waals surface area contributed by atoms with E-state index < -0.39 is 10.0 Å². The minimum atomic E-state index is -3.43. The average Bonchev–Trinajstić information content (AvgIpc) is 3.01. The highest BCUT2D eigenvalue weighted by molar-refractivity contribution is 9.10. The fourth-order valence-electron chi connectivity index (χ4n) is 2.57. The first-order chi connectivity index (χ1) is 11.9. The first-order valence-electron chi connectivity index (χ1n) is 7.75. The van der Waals surface area contributed by atoms with Crippen molar-refractivity contribution in [3.8, 4) is 5.69 Å². The highest BCUT2D eigenvalue weighted by Crippen LogP contribution is 2.17. The first-order valence-corrected chi connectivity index (χ1v) is 10.2. The summed E-state index contributed by atoms with van der Waals surface area (Å²) in [7, 11) is -3.43. The third-order valence-electron chi connectivity index (χ3n) is 3.83. The second-order valence-electron chi connectivity index (χ2n) is 5.68. The summed E-state index contributed by atoms with van der Waals surface area (Å²) in [6, 6.07) is 15.0. The quantitative estimate of drug-likeness (QED) is 0.663. The van der Waals surface area contributed by atoms with Crippen LogP contribution >= 0.6 is 15.9 Å². The molecule has 0 saturated heterocycles. The van der Waals surface area contributed by atoms with E-state index in [1.165, 1.54) is 0 Å². The van der Waals surface area contributed by atoms with E-state index in [1.54, 1.807) is 18.3 Å². The van der Waals surface area contributed by atoms with Gasteiger partial charge in [-0.3, -0.25) is 0 Å². The van der Waals surface area contributed by atoms with Crippen LogP contribution in [0.15, 0.2) is 65.4 Å². The summed E-state index contributed by atoms with van der Waals surface area (Å²) >= 11 is 3.35. The predicted octanol–water partition coefficient (Wildman–Crippen LogP) is 3.56. The molecular formula is C18H18BrN3O2S. The molecule has 0 saturated carbocycles. The number of para-hydroxylation sites is 1. The van der Waals surface area contributed by atoms with Gasteiger partial charge < -0.3 is 4.57 Å². The van der Waals surface area contributed by atoms with Gasteiger partial charge >= 0.3 is 0 Å². The second kappa shape index (κ2) is 7.51. The minimum Gasteiger partial charge on any atom is -0.304 e. The van der Waals surface area contributed by atoms with Gasteiger partial charge in [0.15, 0.2) is 0 Å². The average molecular weight is 420 g/mol. The Morgan fingerprint density at radius 1 is 1.12 bits per heavy atom. The van der Waals surface area contributed by atoms with Crippen molar-refractivity contribution in [3.05, 3.63) is 82.3 Å². The fraction of sp³-hybridized carbons (Fsp3) is 0.167. The lowest BCUT2D eigenvalue weighted by Crippen LogP contribution is -2.25. The van der Waals surface area contributed by atoms with E-state index in [1.807, 2.05) is 54.1 Å². The molecule has 1 N–H and O–H groups in total. The number of rotatable bonds is 6. The molecule has 5 nitrogen and oxygen atoms in total. The van der Waals surface area contributed by atoms with E-state index in [4.69, 9.17) is 0 Å². The molecule has 0 aliphatic heterocycles. The van der Waals surface area contributed by atoms with Crippen molar-refractivity contribution in [2.75, 3.05) is 0 Å². The number of hydrogen-bond donors (Lipinski definition) is 1. The summed E-state index contributed by atoms with van der Waals surface area (Å²) in [5, 5.41) is 0. The largest absolute Gasteiger partial charge is 0.304 e. The topological polar surface area (TPSA) is 64.0 Å². The Labute approximate surface area is 155 Å². The Kier molecular flexibility index (Phi) is 5.36. The van der Waals surface area contributed by atoms with Crippen LogP contribution in [0.4, 0.5) is 0 Å². The molecule has 0 spiro atoms. The third kappa shape index (κ3) is 4.56. The number of nitrogens with zero attached hydrogens (tertiary/aromatic N) is 2. The van der Waals surface area contributed by atoms with E-state index in [0.29, 0.717) is 0 Å². The van der Waals surface area contributed by atoms with E-state index in [9.17, 15) is 8.42 Å². The third-order valence-corrected chi connectivity index (χ3v) is 5.66. The lowest BCUT2D eigenvalue weighted by Gasteiger charge is -2.13. The van der Waals surface area contributed by atoms with Crippen LogP contribution in [0.2, 0.25) is 0 Å². The van der Waals surface area contributed by atoms with E-state index in [2.05, 4.69) is 25.6 Å². The molecule has 3 rings (SSSR count). The lowest BCUT2D eigenvalue weighted by molar-refractivity contribution is 0.580. The van der Waals surface area contributed by atoms with Crippen LogP contribution in [0.25, 0.3) is 5.69 Å². The maximum Gasteiger partial charge on any atom is 0.216 e. The Hall–Kier alpha value is -1.96. The zero-order valence-corrected chi connectivity index (χ0v) is 16.1. The van der Waals surface area contributed by atoms with E-state index >= 15 is 0 Å². The number of halogens is 1. The number of aryl methyl sites for hydroxylation is 1. The van der Waals surface area contributed by atoms with Crippen molar-refractivity contribution in [2.24, 2.45) is 0 Å². The summed E-state index contributed by atoms with van der Waals surface area (Å²) in [6.07, 6.45) is 3.59. The summed E-state index contributed by atoms with van der Waals surface area (Å²) in [5.41, 5.74) is 2.56. The Morgan fingerprint density at radius 3 is 2.52 bits per heavy atom. The summed E-state index contributed by atoms with van der Waals surface area (Å²) in [4.78, 5) is 4.23. The predicted molar refractivity (Wildman–Crippen MR) is 102 cm³/mol. The summed E-state index contributed by atoms with van der Waals surface area (Å²) in [6.45, 7) is 2.14. The Bertz CT molecular complexity index is 966. The maximum atomic E-state index is 12.4. The van der Waals surface area contributed by atoms with Gasteiger partial charge in [0.25, 0.3) is 0 Å². The normalized spacial score (nSPS) is 11.6. The lowest BCUT2D eigenvalue weighted by atomic mass is 10.2. The summed E-state index contributed by atoms with van der Waals surface area (Å²) < 4.78 is 30.3. The van der Waals surface area contributed by atoms with Gasteiger partial charge in [0.1, 0.15) is 5.82 Å². The molecule has 1 heterocycles. The van der Waals surface area contributed by atoms with Crippen LogP contribution in [0.3, 0.4) is 0 Å². The molecule has 0 aliphatic carbocycles. The van der Waals surface area contributed by atoms with Crippen molar-refractivity contribution in [1.29, 1.82) is 0 Å². The van der Waals surface area contributed by atoms with Crippen LogP contribution in [-0.2, 0) is 22.3 Å². The van der Waals surface area contributed by atoms with Crippen LogP contribution in [-0.4, -0.2) is 18.0 Å². The highest BCUT2D eigenvalue weighted by atomic mass is 79.9. The van der Waals surface area contributed by atoms with Gasteiger partial charge in [0.2, 0.25) is 10.0 Å². The molecule has 130 valence electrons. The molecule has 0 amide bonds. The first kappa shape index (κ1) is 17.8. The number of nitrogens with one attached hydrogen (secondary N) is 1. The number of sulfonamides is 1. The van der Waals surface area contributed by atoms with Gasteiger partial charge in [-0.15, -0.1) is 0 Å². The van der Waals surface area contributed by atoms with Crippen LogP contribution in [0.1, 0.15) is 17.0 Å². The van der Waals surface area contributed by atoms with E-state index in [0.717, 1.165) is 27.1 Å². The van der Waals surface area contributed by atoms with Crippen molar-refractivity contribution in [3.63, 3.8) is 0 Å². The maximum absolute atomic E-state index is 12.4.